The Morgan fingerprint density at radius 3 is 2.73 bits per heavy atom. The third kappa shape index (κ3) is 5.19. The van der Waals surface area contributed by atoms with Gasteiger partial charge in [-0.25, -0.2) is 0 Å². The maximum atomic E-state index is 12.1. The van der Waals surface area contributed by atoms with Crippen molar-refractivity contribution >= 4 is 5.91 Å². The molecule has 120 valence electrons. The lowest BCUT2D eigenvalue weighted by molar-refractivity contribution is -0.129. The van der Waals surface area contributed by atoms with Crippen molar-refractivity contribution in [1.82, 2.24) is 10.2 Å². The molecule has 0 unspecified atom stereocenters. The molecule has 0 saturated heterocycles. The first-order valence-electron chi connectivity index (χ1n) is 8.03. The molecule has 0 aliphatic carbocycles. The Kier molecular flexibility index (Phi) is 6.46. The molecule has 0 atom stereocenters. The fraction of sp³-hybridized carbons (Fsp3) is 0.500. The number of nitrogens with zero attached hydrogens (tertiary/aromatic N) is 1. The second kappa shape index (κ2) is 8.59. The highest BCUT2D eigenvalue weighted by Gasteiger charge is 2.12. The van der Waals surface area contributed by atoms with Gasteiger partial charge in [0, 0.05) is 20.0 Å². The van der Waals surface area contributed by atoms with Gasteiger partial charge in [-0.1, -0.05) is 30.7 Å². The van der Waals surface area contributed by atoms with E-state index < -0.39 is 0 Å². The second-order valence-electron chi connectivity index (χ2n) is 5.65. The summed E-state index contributed by atoms with van der Waals surface area (Å²) in [5, 5.41) is 3.26. The van der Waals surface area contributed by atoms with E-state index in [1.807, 2.05) is 19.2 Å². The maximum Gasteiger partial charge on any atom is 0.226 e. The van der Waals surface area contributed by atoms with Crippen LogP contribution in [0.1, 0.15) is 25.3 Å². The van der Waals surface area contributed by atoms with Crippen LogP contribution >= 0.6 is 0 Å². The molecule has 4 heteroatoms. The van der Waals surface area contributed by atoms with Crippen LogP contribution in [-0.2, 0) is 11.2 Å². The second-order valence-corrected chi connectivity index (χ2v) is 5.65. The van der Waals surface area contributed by atoms with E-state index in [9.17, 15) is 4.79 Å². The molecule has 1 aliphatic rings. The Morgan fingerprint density at radius 2 is 2.09 bits per heavy atom. The summed E-state index contributed by atoms with van der Waals surface area (Å²) in [6, 6.07) is 8.13. The number of amides is 1. The maximum absolute atomic E-state index is 12.1. The van der Waals surface area contributed by atoms with Crippen LogP contribution in [0.3, 0.4) is 0 Å². The Bertz CT molecular complexity index is 508. The van der Waals surface area contributed by atoms with Gasteiger partial charge < -0.3 is 15.0 Å². The van der Waals surface area contributed by atoms with Crippen molar-refractivity contribution < 1.29 is 9.53 Å². The van der Waals surface area contributed by atoms with E-state index >= 15 is 0 Å². The third-order valence-electron chi connectivity index (χ3n) is 3.99. The van der Waals surface area contributed by atoms with Crippen molar-refractivity contribution in [3.05, 3.63) is 41.5 Å². The summed E-state index contributed by atoms with van der Waals surface area (Å²) in [6.45, 7) is 5.12. The number of carbonyl (C=O) groups is 1. The van der Waals surface area contributed by atoms with Crippen LogP contribution in [-0.4, -0.2) is 44.1 Å². The van der Waals surface area contributed by atoms with Crippen molar-refractivity contribution in [2.75, 3.05) is 33.3 Å². The zero-order valence-electron chi connectivity index (χ0n) is 13.6. The first kappa shape index (κ1) is 16.6. The predicted molar refractivity (Wildman–Crippen MR) is 89.1 cm³/mol. The predicted octanol–water partition coefficient (Wildman–Crippen LogP) is 2.40. The Labute approximate surface area is 133 Å². The fourth-order valence-corrected chi connectivity index (χ4v) is 2.41. The SMILES string of the molecule is CCc1ccc(OCCN(C)C(=O)CC2=CCNCC2)cc1. The number of hydrogen-bond donors (Lipinski definition) is 1. The molecule has 1 aromatic carbocycles. The first-order valence-corrected chi connectivity index (χ1v) is 8.03. The molecule has 1 N–H and O–H groups in total. The highest BCUT2D eigenvalue weighted by Crippen LogP contribution is 2.13. The minimum absolute atomic E-state index is 0.165. The van der Waals surface area contributed by atoms with Crippen LogP contribution in [0.4, 0.5) is 0 Å². The highest BCUT2D eigenvalue weighted by atomic mass is 16.5. The van der Waals surface area contributed by atoms with Crippen LogP contribution in [0.5, 0.6) is 5.75 Å². The van der Waals surface area contributed by atoms with E-state index in [0.717, 1.165) is 31.7 Å². The number of likely N-dealkylation sites (N-methyl/N-ethyl adjacent to an activating group) is 1. The minimum Gasteiger partial charge on any atom is -0.492 e. The van der Waals surface area contributed by atoms with Gasteiger partial charge in [-0.2, -0.15) is 0 Å². The molecule has 0 spiro atoms. The Hall–Kier alpha value is -1.81. The van der Waals surface area contributed by atoms with Crippen molar-refractivity contribution in [1.29, 1.82) is 0 Å². The summed E-state index contributed by atoms with van der Waals surface area (Å²) in [4.78, 5) is 13.9. The van der Waals surface area contributed by atoms with Gasteiger partial charge in [0.25, 0.3) is 0 Å². The minimum atomic E-state index is 0.165. The molecule has 0 bridgehead atoms. The molecule has 0 aromatic heterocycles. The number of hydrogen-bond acceptors (Lipinski definition) is 3. The lowest BCUT2D eigenvalue weighted by Crippen LogP contribution is -2.32. The van der Waals surface area contributed by atoms with Crippen molar-refractivity contribution in [2.45, 2.75) is 26.2 Å². The standard InChI is InChI=1S/C18H26N2O2/c1-3-15-4-6-17(7-5-15)22-13-12-20(2)18(21)14-16-8-10-19-11-9-16/h4-8,19H,3,9-14H2,1-2H3. The average molecular weight is 302 g/mol. The smallest absolute Gasteiger partial charge is 0.226 e. The topological polar surface area (TPSA) is 41.6 Å². The van der Waals surface area contributed by atoms with Crippen molar-refractivity contribution in [3.8, 4) is 5.75 Å². The summed E-state index contributed by atoms with van der Waals surface area (Å²) >= 11 is 0. The Balaban J connectivity index is 1.70. The first-order chi connectivity index (χ1) is 10.7. The normalized spacial score (nSPS) is 14.4. The van der Waals surface area contributed by atoms with Gasteiger partial charge in [0.1, 0.15) is 12.4 Å². The van der Waals surface area contributed by atoms with Crippen LogP contribution < -0.4 is 10.1 Å². The molecule has 22 heavy (non-hydrogen) atoms. The number of benzene rings is 1. The number of rotatable bonds is 7. The summed E-state index contributed by atoms with van der Waals surface area (Å²) in [5.74, 6) is 1.03. The third-order valence-corrected chi connectivity index (χ3v) is 3.99. The molecule has 4 nitrogen and oxygen atoms in total. The van der Waals surface area contributed by atoms with E-state index in [-0.39, 0.29) is 5.91 Å². The number of ether oxygens (including phenoxy) is 1. The molecule has 1 amide bonds. The summed E-state index contributed by atoms with van der Waals surface area (Å²) in [5.41, 5.74) is 2.54. The molecule has 0 saturated carbocycles. The molecule has 0 fully saturated rings. The van der Waals surface area contributed by atoms with E-state index in [1.165, 1.54) is 11.1 Å². The summed E-state index contributed by atoms with van der Waals surface area (Å²) in [7, 11) is 1.84. The largest absolute Gasteiger partial charge is 0.492 e. The van der Waals surface area contributed by atoms with E-state index in [1.54, 1.807) is 4.90 Å². The zero-order valence-corrected chi connectivity index (χ0v) is 13.6. The van der Waals surface area contributed by atoms with Crippen LogP contribution in [0, 0.1) is 0 Å². The molecular formula is C18H26N2O2. The molecule has 0 radical (unpaired) electrons. The van der Waals surface area contributed by atoms with Gasteiger partial charge >= 0.3 is 0 Å². The Morgan fingerprint density at radius 1 is 1.32 bits per heavy atom. The number of carbonyl (C=O) groups excluding carboxylic acids is 1. The van der Waals surface area contributed by atoms with E-state index in [2.05, 4.69) is 30.4 Å². The summed E-state index contributed by atoms with van der Waals surface area (Å²) in [6.07, 6.45) is 4.66. The van der Waals surface area contributed by atoms with E-state index in [0.29, 0.717) is 19.6 Å². The lowest BCUT2D eigenvalue weighted by atomic mass is 10.1. The van der Waals surface area contributed by atoms with E-state index in [4.69, 9.17) is 4.74 Å². The molecule has 1 aromatic rings. The van der Waals surface area contributed by atoms with Gasteiger partial charge in [-0.05, 0) is 37.1 Å². The monoisotopic (exact) mass is 302 g/mol. The molecule has 1 aliphatic heterocycles. The van der Waals surface area contributed by atoms with Gasteiger partial charge in [0.2, 0.25) is 5.91 Å². The van der Waals surface area contributed by atoms with Gasteiger partial charge in [0.15, 0.2) is 0 Å². The van der Waals surface area contributed by atoms with Crippen LogP contribution in [0.2, 0.25) is 0 Å². The fourth-order valence-electron chi connectivity index (χ4n) is 2.41. The summed E-state index contributed by atoms with van der Waals surface area (Å²) < 4.78 is 5.70. The van der Waals surface area contributed by atoms with Crippen LogP contribution in [0.15, 0.2) is 35.9 Å². The number of aryl methyl sites for hydroxylation is 1. The molecular weight excluding hydrogens is 276 g/mol. The van der Waals surface area contributed by atoms with Crippen molar-refractivity contribution in [3.63, 3.8) is 0 Å². The van der Waals surface area contributed by atoms with Crippen molar-refractivity contribution in [2.24, 2.45) is 0 Å². The number of nitrogens with one attached hydrogen (secondary N) is 1. The van der Waals surface area contributed by atoms with Gasteiger partial charge in [-0.3, -0.25) is 4.79 Å². The van der Waals surface area contributed by atoms with Crippen LogP contribution in [0.25, 0.3) is 0 Å². The van der Waals surface area contributed by atoms with Gasteiger partial charge in [-0.15, -0.1) is 0 Å². The molecule has 1 heterocycles. The van der Waals surface area contributed by atoms with Gasteiger partial charge in [0.05, 0.1) is 6.54 Å². The highest BCUT2D eigenvalue weighted by molar-refractivity contribution is 5.78. The zero-order chi connectivity index (χ0) is 15.8. The average Bonchev–Trinajstić information content (AvgIpc) is 2.56. The lowest BCUT2D eigenvalue weighted by Gasteiger charge is -2.20. The quantitative estimate of drug-likeness (QED) is 0.786. The molecule has 2 rings (SSSR count).